The molecule has 2 rings (SSSR count). The number of benzene rings is 1. The normalized spacial score (nSPS) is 13.5. The lowest BCUT2D eigenvalue weighted by atomic mass is 10.0. The summed E-state index contributed by atoms with van der Waals surface area (Å²) in [6.45, 7) is 2.00. The van der Waals surface area contributed by atoms with Gasteiger partial charge in [-0.15, -0.1) is 0 Å². The number of carbonyl (C=O) groups is 1. The molecule has 112 valence electrons. The van der Waals surface area contributed by atoms with Gasteiger partial charge in [-0.2, -0.15) is 0 Å². The molecule has 0 saturated carbocycles. The Hall–Kier alpha value is -1.98. The average molecular weight is 309 g/mol. The number of rotatable bonds is 5. The second-order valence-electron chi connectivity index (χ2n) is 4.91. The Kier molecular flexibility index (Phi) is 4.88. The van der Waals surface area contributed by atoms with Crippen LogP contribution in [0.4, 0.5) is 4.79 Å². The fourth-order valence-electron chi connectivity index (χ4n) is 1.77. The molecule has 21 heavy (non-hydrogen) atoms. The molecule has 1 aromatic carbocycles. The van der Waals surface area contributed by atoms with E-state index in [1.807, 2.05) is 12.1 Å². The first-order chi connectivity index (χ1) is 9.97. The Morgan fingerprint density at radius 1 is 1.29 bits per heavy atom. The zero-order valence-electron chi connectivity index (χ0n) is 11.6. The Bertz CT molecular complexity index is 579. The highest BCUT2D eigenvalue weighted by Gasteiger charge is 2.26. The molecular weight excluding hydrogens is 292 g/mol. The average Bonchev–Trinajstić information content (AvgIpc) is 3.00. The van der Waals surface area contributed by atoms with Gasteiger partial charge in [-0.25, -0.2) is 4.79 Å². The second kappa shape index (κ2) is 6.65. The summed E-state index contributed by atoms with van der Waals surface area (Å²) in [7, 11) is 0. The van der Waals surface area contributed by atoms with Gasteiger partial charge in [-0.3, -0.25) is 0 Å². The summed E-state index contributed by atoms with van der Waals surface area (Å²) in [6, 6.07) is 10.2. The molecule has 0 radical (unpaired) electrons. The van der Waals surface area contributed by atoms with Gasteiger partial charge in [-0.05, 0) is 36.8 Å². The van der Waals surface area contributed by atoms with Crippen molar-refractivity contribution in [2.24, 2.45) is 0 Å². The van der Waals surface area contributed by atoms with Crippen molar-refractivity contribution >= 4 is 17.6 Å². The van der Waals surface area contributed by atoms with Crippen LogP contribution in [0, 0.1) is 0 Å². The number of hydrogen-bond donors (Lipinski definition) is 3. The Morgan fingerprint density at radius 3 is 2.62 bits per heavy atom. The van der Waals surface area contributed by atoms with Crippen molar-refractivity contribution in [3.63, 3.8) is 0 Å². The maximum Gasteiger partial charge on any atom is 0.315 e. The number of nitrogens with one attached hydrogen (secondary N) is 2. The highest BCUT2D eigenvalue weighted by molar-refractivity contribution is 6.30. The minimum absolute atomic E-state index is 0.0486. The van der Waals surface area contributed by atoms with E-state index in [0.29, 0.717) is 17.3 Å². The van der Waals surface area contributed by atoms with Crippen molar-refractivity contribution < 1.29 is 14.3 Å². The topological polar surface area (TPSA) is 74.5 Å². The fourth-order valence-corrected chi connectivity index (χ4v) is 1.90. The van der Waals surface area contributed by atoms with Crippen molar-refractivity contribution in [2.45, 2.75) is 19.1 Å². The number of hydrogen-bond acceptors (Lipinski definition) is 3. The van der Waals surface area contributed by atoms with Gasteiger partial charge in [0.15, 0.2) is 0 Å². The molecule has 1 aromatic heterocycles. The molecule has 0 aliphatic heterocycles. The first-order valence-electron chi connectivity index (χ1n) is 6.50. The first kappa shape index (κ1) is 15.4. The predicted molar refractivity (Wildman–Crippen MR) is 80.0 cm³/mol. The first-order valence-corrected chi connectivity index (χ1v) is 6.88. The summed E-state index contributed by atoms with van der Waals surface area (Å²) < 4.78 is 5.14. The van der Waals surface area contributed by atoms with Crippen molar-refractivity contribution in [3.05, 3.63) is 59.0 Å². The smallest absolute Gasteiger partial charge is 0.315 e. The van der Waals surface area contributed by atoms with Crippen LogP contribution in [0.5, 0.6) is 0 Å². The van der Waals surface area contributed by atoms with Crippen molar-refractivity contribution in [1.29, 1.82) is 0 Å². The van der Waals surface area contributed by atoms with E-state index < -0.39 is 5.60 Å². The van der Waals surface area contributed by atoms with Gasteiger partial charge in [0.1, 0.15) is 11.4 Å². The molecule has 3 N–H and O–H groups in total. The van der Waals surface area contributed by atoms with Crippen LogP contribution in [-0.4, -0.2) is 17.7 Å². The van der Waals surface area contributed by atoms with Crippen molar-refractivity contribution in [2.75, 3.05) is 6.54 Å². The van der Waals surface area contributed by atoms with Crippen LogP contribution in [0.15, 0.2) is 47.1 Å². The summed E-state index contributed by atoms with van der Waals surface area (Å²) in [6.07, 6.45) is 1.48. The lowest BCUT2D eigenvalue weighted by Crippen LogP contribution is -2.43. The third-order valence-electron chi connectivity index (χ3n) is 3.01. The molecule has 0 fully saturated rings. The van der Waals surface area contributed by atoms with E-state index in [9.17, 15) is 9.90 Å². The van der Waals surface area contributed by atoms with E-state index in [0.717, 1.165) is 5.56 Å². The Balaban J connectivity index is 1.78. The molecule has 0 spiro atoms. The van der Waals surface area contributed by atoms with Gasteiger partial charge >= 0.3 is 6.03 Å². The molecule has 0 aliphatic rings. The summed E-state index contributed by atoms with van der Waals surface area (Å²) in [5.41, 5.74) is -0.312. The summed E-state index contributed by atoms with van der Waals surface area (Å²) >= 11 is 5.79. The molecule has 1 unspecified atom stereocenters. The van der Waals surface area contributed by atoms with E-state index in [2.05, 4.69) is 10.6 Å². The highest BCUT2D eigenvalue weighted by Crippen LogP contribution is 2.19. The van der Waals surface area contributed by atoms with Gasteiger partial charge < -0.3 is 20.2 Å². The second-order valence-corrected chi connectivity index (χ2v) is 5.35. The zero-order valence-corrected chi connectivity index (χ0v) is 12.4. The van der Waals surface area contributed by atoms with Crippen LogP contribution in [-0.2, 0) is 12.1 Å². The Labute approximate surface area is 127 Å². The number of amides is 2. The summed E-state index contributed by atoms with van der Waals surface area (Å²) in [4.78, 5) is 11.7. The van der Waals surface area contributed by atoms with Crippen LogP contribution >= 0.6 is 11.6 Å². The van der Waals surface area contributed by atoms with Gasteiger partial charge in [0.2, 0.25) is 0 Å². The van der Waals surface area contributed by atoms with Crippen LogP contribution in [0.3, 0.4) is 0 Å². The minimum atomic E-state index is -1.25. The quantitative estimate of drug-likeness (QED) is 0.795. The Morgan fingerprint density at radius 2 is 2.00 bits per heavy atom. The molecule has 0 aliphatic carbocycles. The molecule has 6 heteroatoms. The number of aliphatic hydroxyl groups is 1. The van der Waals surface area contributed by atoms with Crippen LogP contribution in [0.1, 0.15) is 18.2 Å². The standard InChI is InChI=1S/C15H17ClN2O3/c1-15(20,13-3-2-8-21-13)10-18-14(19)17-9-11-4-6-12(16)7-5-11/h2-8,20H,9-10H2,1H3,(H2,17,18,19). The van der Waals surface area contributed by atoms with Crippen LogP contribution in [0.25, 0.3) is 0 Å². The number of carbonyl (C=O) groups excluding carboxylic acids is 1. The maximum atomic E-state index is 11.7. The molecule has 0 bridgehead atoms. The van der Waals surface area contributed by atoms with Gasteiger partial charge in [-0.1, -0.05) is 23.7 Å². The van der Waals surface area contributed by atoms with E-state index >= 15 is 0 Å². The van der Waals surface area contributed by atoms with E-state index in [1.54, 1.807) is 31.2 Å². The largest absolute Gasteiger partial charge is 0.466 e. The third kappa shape index (κ3) is 4.51. The monoisotopic (exact) mass is 308 g/mol. The lowest BCUT2D eigenvalue weighted by molar-refractivity contribution is 0.0367. The summed E-state index contributed by atoms with van der Waals surface area (Å²) in [5.74, 6) is 0.403. The van der Waals surface area contributed by atoms with Gasteiger partial charge in [0, 0.05) is 11.6 Å². The molecule has 2 amide bonds. The SMILES string of the molecule is CC(O)(CNC(=O)NCc1ccc(Cl)cc1)c1ccco1. The number of furan rings is 1. The molecule has 1 atom stereocenters. The molecular formula is C15H17ClN2O3. The third-order valence-corrected chi connectivity index (χ3v) is 3.26. The van der Waals surface area contributed by atoms with Crippen LogP contribution < -0.4 is 10.6 Å². The molecule has 0 saturated heterocycles. The molecule has 1 heterocycles. The minimum Gasteiger partial charge on any atom is -0.466 e. The van der Waals surface area contributed by atoms with Crippen LogP contribution in [0.2, 0.25) is 5.02 Å². The van der Waals surface area contributed by atoms with Crippen molar-refractivity contribution in [3.8, 4) is 0 Å². The summed E-state index contributed by atoms with van der Waals surface area (Å²) in [5, 5.41) is 16.1. The number of halogens is 1. The van der Waals surface area contributed by atoms with Crippen molar-refractivity contribution in [1.82, 2.24) is 10.6 Å². The highest BCUT2D eigenvalue weighted by atomic mass is 35.5. The van der Waals surface area contributed by atoms with E-state index in [1.165, 1.54) is 6.26 Å². The molecule has 2 aromatic rings. The predicted octanol–water partition coefficient (Wildman–Crippen LogP) is 2.64. The zero-order chi connectivity index (χ0) is 15.3. The maximum absolute atomic E-state index is 11.7. The van der Waals surface area contributed by atoms with Gasteiger partial charge in [0.25, 0.3) is 0 Å². The van der Waals surface area contributed by atoms with Gasteiger partial charge in [0.05, 0.1) is 12.8 Å². The number of urea groups is 1. The lowest BCUT2D eigenvalue weighted by Gasteiger charge is -2.21. The van der Waals surface area contributed by atoms with E-state index in [4.69, 9.17) is 16.0 Å². The fraction of sp³-hybridized carbons (Fsp3) is 0.267. The molecule has 5 nitrogen and oxygen atoms in total. The van der Waals surface area contributed by atoms with E-state index in [-0.39, 0.29) is 12.6 Å².